The van der Waals surface area contributed by atoms with E-state index in [0.29, 0.717) is 34.4 Å². The summed E-state index contributed by atoms with van der Waals surface area (Å²) in [6.07, 6.45) is 3.28. The van der Waals surface area contributed by atoms with Gasteiger partial charge in [0.2, 0.25) is 0 Å². The smallest absolute Gasteiger partial charge is 0.339 e. The first-order valence-corrected chi connectivity index (χ1v) is 9.17. The number of hydrogen-bond acceptors (Lipinski definition) is 5. The van der Waals surface area contributed by atoms with Crippen molar-refractivity contribution in [2.24, 2.45) is 0 Å². The molecule has 27 heavy (non-hydrogen) atoms. The van der Waals surface area contributed by atoms with Gasteiger partial charge in [-0.05, 0) is 49.0 Å². The molecular formula is C19H17ClN2O4S. The van der Waals surface area contributed by atoms with Gasteiger partial charge < -0.3 is 14.5 Å². The van der Waals surface area contributed by atoms with Crippen LogP contribution in [0.5, 0.6) is 0 Å². The summed E-state index contributed by atoms with van der Waals surface area (Å²) in [5.41, 5.74) is 1.26. The fourth-order valence-corrected chi connectivity index (χ4v) is 2.83. The van der Waals surface area contributed by atoms with Crippen LogP contribution in [0.1, 0.15) is 35.9 Å². The highest BCUT2D eigenvalue weighted by Crippen LogP contribution is 2.28. The molecule has 0 bridgehead atoms. The lowest BCUT2D eigenvalue weighted by Crippen LogP contribution is -2.21. The number of nitrogens with one attached hydrogen (secondary N) is 2. The normalized spacial score (nSPS) is 15.0. The predicted octanol–water partition coefficient (Wildman–Crippen LogP) is 3.90. The van der Waals surface area contributed by atoms with Crippen LogP contribution in [-0.4, -0.2) is 23.6 Å². The minimum Gasteiger partial charge on any atom is -0.462 e. The summed E-state index contributed by atoms with van der Waals surface area (Å²) < 4.78 is 11.0. The first-order chi connectivity index (χ1) is 13.0. The highest BCUT2D eigenvalue weighted by molar-refractivity contribution is 7.80. The number of furan rings is 1. The van der Waals surface area contributed by atoms with E-state index in [9.17, 15) is 9.59 Å². The minimum absolute atomic E-state index is 0.252. The van der Waals surface area contributed by atoms with Gasteiger partial charge in [0.1, 0.15) is 17.2 Å². The lowest BCUT2D eigenvalue weighted by molar-refractivity contribution is -0.115. The number of thiocarbonyl (C=S) groups is 1. The third-order valence-electron chi connectivity index (χ3n) is 3.84. The van der Waals surface area contributed by atoms with Gasteiger partial charge in [-0.1, -0.05) is 24.9 Å². The number of carbonyl (C=O) groups is 2. The Morgan fingerprint density at radius 2 is 2.11 bits per heavy atom. The van der Waals surface area contributed by atoms with E-state index < -0.39 is 5.97 Å². The first kappa shape index (κ1) is 19.1. The summed E-state index contributed by atoms with van der Waals surface area (Å²) in [7, 11) is 0. The van der Waals surface area contributed by atoms with Crippen LogP contribution in [-0.2, 0) is 9.53 Å². The summed E-state index contributed by atoms with van der Waals surface area (Å²) in [4.78, 5) is 23.9. The first-order valence-electron chi connectivity index (χ1n) is 8.39. The van der Waals surface area contributed by atoms with Crippen molar-refractivity contribution in [3.05, 3.63) is 52.4 Å². The highest BCUT2D eigenvalue weighted by Gasteiger charge is 2.21. The maximum atomic E-state index is 12.2. The van der Waals surface area contributed by atoms with E-state index in [1.54, 1.807) is 36.4 Å². The molecule has 1 amide bonds. The van der Waals surface area contributed by atoms with Crippen LogP contribution in [0, 0.1) is 0 Å². The zero-order valence-electron chi connectivity index (χ0n) is 14.5. The van der Waals surface area contributed by atoms with Gasteiger partial charge in [-0.3, -0.25) is 10.1 Å². The van der Waals surface area contributed by atoms with E-state index in [1.807, 2.05) is 6.92 Å². The maximum Gasteiger partial charge on any atom is 0.339 e. The number of benzene rings is 1. The second-order valence-electron chi connectivity index (χ2n) is 5.85. The van der Waals surface area contributed by atoms with Crippen LogP contribution < -0.4 is 10.6 Å². The second kappa shape index (κ2) is 8.37. The molecule has 6 nitrogen and oxygen atoms in total. The molecule has 8 heteroatoms. The molecule has 1 aromatic heterocycles. The SMILES string of the molecule is CCCCOC(=O)c1cc(-c2ccc(/C=C3\NC(=S)NC3=O)o2)ccc1Cl. The van der Waals surface area contributed by atoms with Crippen molar-refractivity contribution in [1.29, 1.82) is 0 Å². The van der Waals surface area contributed by atoms with Crippen molar-refractivity contribution in [3.8, 4) is 11.3 Å². The average Bonchev–Trinajstić information content (AvgIpc) is 3.22. The molecule has 0 unspecified atom stereocenters. The summed E-state index contributed by atoms with van der Waals surface area (Å²) in [5.74, 6) is 0.211. The Hall–Kier alpha value is -2.64. The van der Waals surface area contributed by atoms with Crippen LogP contribution in [0.2, 0.25) is 5.02 Å². The molecule has 0 spiro atoms. The van der Waals surface area contributed by atoms with E-state index in [0.717, 1.165) is 12.8 Å². The lowest BCUT2D eigenvalue weighted by atomic mass is 10.1. The fraction of sp³-hybridized carbons (Fsp3) is 0.211. The topological polar surface area (TPSA) is 80.6 Å². The number of rotatable bonds is 6. The highest BCUT2D eigenvalue weighted by atomic mass is 35.5. The van der Waals surface area contributed by atoms with Crippen molar-refractivity contribution in [2.75, 3.05) is 6.61 Å². The van der Waals surface area contributed by atoms with Gasteiger partial charge in [-0.2, -0.15) is 0 Å². The molecule has 0 saturated carbocycles. The van der Waals surface area contributed by atoms with Crippen LogP contribution in [0.15, 0.2) is 40.4 Å². The van der Waals surface area contributed by atoms with E-state index >= 15 is 0 Å². The Morgan fingerprint density at radius 1 is 1.30 bits per heavy atom. The van der Waals surface area contributed by atoms with Gasteiger partial charge in [0.15, 0.2) is 5.11 Å². The Balaban J connectivity index is 1.81. The molecule has 0 atom stereocenters. The molecule has 1 saturated heterocycles. The second-order valence-corrected chi connectivity index (χ2v) is 6.67. The molecule has 140 valence electrons. The minimum atomic E-state index is -0.468. The molecule has 1 aromatic carbocycles. The van der Waals surface area contributed by atoms with Gasteiger partial charge in [0, 0.05) is 11.6 Å². The van der Waals surface area contributed by atoms with Gasteiger partial charge in [0.05, 0.1) is 17.2 Å². The number of unbranched alkanes of at least 4 members (excludes halogenated alkanes) is 1. The molecule has 1 aliphatic rings. The molecule has 3 rings (SSSR count). The standard InChI is InChI=1S/C19H17ClN2O4S/c1-2-3-8-25-18(24)13-9-11(4-6-14(13)20)16-7-5-12(26-16)10-15-17(23)22-19(27)21-15/h4-7,9-10H,2-3,8H2,1H3,(H2,21,22,23,27)/b15-10-. The monoisotopic (exact) mass is 404 g/mol. The molecule has 2 N–H and O–H groups in total. The fourth-order valence-electron chi connectivity index (χ4n) is 2.43. The lowest BCUT2D eigenvalue weighted by Gasteiger charge is -2.07. The molecule has 2 heterocycles. The number of hydrogen-bond donors (Lipinski definition) is 2. The van der Waals surface area contributed by atoms with Gasteiger partial charge in [-0.25, -0.2) is 4.79 Å². The molecule has 0 aliphatic carbocycles. The van der Waals surface area contributed by atoms with E-state index in [2.05, 4.69) is 10.6 Å². The Morgan fingerprint density at radius 3 is 2.81 bits per heavy atom. The van der Waals surface area contributed by atoms with Crippen molar-refractivity contribution >= 4 is 46.9 Å². The molecule has 2 aromatic rings. The summed E-state index contributed by atoms with van der Waals surface area (Å²) in [6.45, 7) is 2.37. The Kier molecular flexibility index (Phi) is 5.93. The number of ether oxygens (including phenoxy) is 1. The zero-order valence-corrected chi connectivity index (χ0v) is 16.1. The van der Waals surface area contributed by atoms with Crippen molar-refractivity contribution in [3.63, 3.8) is 0 Å². The van der Waals surface area contributed by atoms with Gasteiger partial charge in [0.25, 0.3) is 5.91 Å². The summed E-state index contributed by atoms with van der Waals surface area (Å²) >= 11 is 11.0. The summed E-state index contributed by atoms with van der Waals surface area (Å²) in [5, 5.41) is 5.79. The third kappa shape index (κ3) is 4.56. The largest absolute Gasteiger partial charge is 0.462 e. The van der Waals surface area contributed by atoms with Crippen LogP contribution in [0.3, 0.4) is 0 Å². The molecule has 0 radical (unpaired) electrons. The third-order valence-corrected chi connectivity index (χ3v) is 4.37. The van der Waals surface area contributed by atoms with Gasteiger partial charge >= 0.3 is 5.97 Å². The average molecular weight is 405 g/mol. The van der Waals surface area contributed by atoms with E-state index in [-0.39, 0.29) is 16.6 Å². The number of amides is 1. The number of halogens is 1. The Bertz CT molecular complexity index is 936. The van der Waals surface area contributed by atoms with Gasteiger partial charge in [-0.15, -0.1) is 0 Å². The maximum absolute atomic E-state index is 12.2. The number of esters is 1. The van der Waals surface area contributed by atoms with Crippen molar-refractivity contribution in [1.82, 2.24) is 10.6 Å². The van der Waals surface area contributed by atoms with E-state index in [4.69, 9.17) is 33.0 Å². The van der Waals surface area contributed by atoms with Crippen LogP contribution >= 0.6 is 23.8 Å². The number of carbonyl (C=O) groups excluding carboxylic acids is 2. The summed E-state index contributed by atoms with van der Waals surface area (Å²) in [6, 6.07) is 8.45. The van der Waals surface area contributed by atoms with Crippen LogP contribution in [0.25, 0.3) is 17.4 Å². The van der Waals surface area contributed by atoms with Crippen molar-refractivity contribution in [2.45, 2.75) is 19.8 Å². The van der Waals surface area contributed by atoms with Crippen molar-refractivity contribution < 1.29 is 18.7 Å². The molecule has 1 fully saturated rings. The zero-order chi connectivity index (χ0) is 19.4. The Labute approximate surface area is 166 Å². The predicted molar refractivity (Wildman–Crippen MR) is 106 cm³/mol. The van der Waals surface area contributed by atoms with Crippen LogP contribution in [0.4, 0.5) is 0 Å². The van der Waals surface area contributed by atoms with E-state index in [1.165, 1.54) is 0 Å². The molecular weight excluding hydrogens is 388 g/mol. The quantitative estimate of drug-likeness (QED) is 0.329. The molecule has 1 aliphatic heterocycles.